The van der Waals surface area contributed by atoms with Crippen LogP contribution in [0.4, 0.5) is 5.69 Å². The minimum atomic E-state index is -0.731. The number of hydrogen-bond donors (Lipinski definition) is 2. The third-order valence-electron chi connectivity index (χ3n) is 4.31. The summed E-state index contributed by atoms with van der Waals surface area (Å²) < 4.78 is 7.52. The maximum atomic E-state index is 12.6. The SMILES string of the molecule is COC1(C(=O)Nc2ccc(Sc3nccn3C)cc2)CCNCC1.Cl. The lowest BCUT2D eigenvalue weighted by Crippen LogP contribution is -2.51. The first-order chi connectivity index (χ1) is 11.6. The molecule has 1 aromatic heterocycles. The smallest absolute Gasteiger partial charge is 0.256 e. The number of carbonyl (C=O) groups excluding carboxylic acids is 1. The molecule has 1 aliphatic rings. The van der Waals surface area contributed by atoms with Gasteiger partial charge < -0.3 is 19.9 Å². The van der Waals surface area contributed by atoms with E-state index in [-0.39, 0.29) is 18.3 Å². The number of benzene rings is 1. The summed E-state index contributed by atoms with van der Waals surface area (Å²) in [5, 5.41) is 7.16. The summed E-state index contributed by atoms with van der Waals surface area (Å²) >= 11 is 1.59. The minimum Gasteiger partial charge on any atom is -0.368 e. The molecular formula is C17H23ClN4O2S. The quantitative estimate of drug-likeness (QED) is 0.832. The second-order valence-corrected chi connectivity index (χ2v) is 6.89. The van der Waals surface area contributed by atoms with Gasteiger partial charge in [0.05, 0.1) is 0 Å². The van der Waals surface area contributed by atoms with Crippen LogP contribution in [-0.2, 0) is 16.6 Å². The number of aryl methyl sites for hydroxylation is 1. The second-order valence-electron chi connectivity index (χ2n) is 5.85. The topological polar surface area (TPSA) is 68.2 Å². The highest BCUT2D eigenvalue weighted by molar-refractivity contribution is 7.99. The summed E-state index contributed by atoms with van der Waals surface area (Å²) in [4.78, 5) is 18.0. The summed E-state index contributed by atoms with van der Waals surface area (Å²) in [6, 6.07) is 7.79. The van der Waals surface area contributed by atoms with Gasteiger partial charge in [-0.15, -0.1) is 12.4 Å². The van der Waals surface area contributed by atoms with Crippen LogP contribution in [0.5, 0.6) is 0 Å². The van der Waals surface area contributed by atoms with Gasteiger partial charge in [0, 0.05) is 37.1 Å². The number of methoxy groups -OCH3 is 1. The first-order valence-electron chi connectivity index (χ1n) is 7.95. The lowest BCUT2D eigenvalue weighted by atomic mass is 9.91. The van der Waals surface area contributed by atoms with Gasteiger partial charge >= 0.3 is 0 Å². The number of ether oxygens (including phenoxy) is 1. The third-order valence-corrected chi connectivity index (χ3v) is 5.40. The third kappa shape index (κ3) is 4.55. The van der Waals surface area contributed by atoms with Crippen molar-refractivity contribution in [3.8, 4) is 0 Å². The number of aromatic nitrogens is 2. The molecule has 1 amide bonds. The predicted octanol–water partition coefficient (Wildman–Crippen LogP) is 2.70. The highest BCUT2D eigenvalue weighted by Gasteiger charge is 2.39. The Morgan fingerprint density at radius 1 is 1.32 bits per heavy atom. The zero-order valence-corrected chi connectivity index (χ0v) is 16.0. The minimum absolute atomic E-state index is 0. The maximum Gasteiger partial charge on any atom is 0.256 e. The fraction of sp³-hybridized carbons (Fsp3) is 0.412. The molecule has 0 aliphatic carbocycles. The van der Waals surface area contributed by atoms with E-state index in [1.54, 1.807) is 25.1 Å². The summed E-state index contributed by atoms with van der Waals surface area (Å²) in [5.41, 5.74) is 0.0465. The van der Waals surface area contributed by atoms with Crippen LogP contribution in [0.25, 0.3) is 0 Å². The van der Waals surface area contributed by atoms with Crippen LogP contribution in [0.2, 0.25) is 0 Å². The first kappa shape index (κ1) is 19.8. The molecule has 1 aromatic carbocycles. The molecule has 8 heteroatoms. The predicted molar refractivity (Wildman–Crippen MR) is 101 cm³/mol. The van der Waals surface area contributed by atoms with E-state index in [4.69, 9.17) is 4.74 Å². The maximum absolute atomic E-state index is 12.6. The molecule has 1 saturated heterocycles. The molecule has 0 bridgehead atoms. The van der Waals surface area contributed by atoms with E-state index in [0.717, 1.165) is 28.8 Å². The van der Waals surface area contributed by atoms with E-state index in [1.165, 1.54) is 0 Å². The van der Waals surface area contributed by atoms with Crippen molar-refractivity contribution in [1.82, 2.24) is 14.9 Å². The normalized spacial score (nSPS) is 16.1. The number of nitrogens with one attached hydrogen (secondary N) is 2. The van der Waals surface area contributed by atoms with E-state index >= 15 is 0 Å². The number of imidazole rings is 1. The molecule has 1 aliphatic heterocycles. The Labute approximate surface area is 158 Å². The van der Waals surface area contributed by atoms with Gasteiger partial charge in [-0.3, -0.25) is 4.79 Å². The number of anilines is 1. The Bertz CT molecular complexity index is 699. The average Bonchev–Trinajstić information content (AvgIpc) is 3.02. The molecule has 1 fully saturated rings. The molecule has 0 unspecified atom stereocenters. The Hall–Kier alpha value is -1.54. The van der Waals surface area contributed by atoms with Gasteiger partial charge in [0.25, 0.3) is 5.91 Å². The highest BCUT2D eigenvalue weighted by atomic mass is 35.5. The molecule has 0 atom stereocenters. The lowest BCUT2D eigenvalue weighted by molar-refractivity contribution is -0.140. The molecular weight excluding hydrogens is 360 g/mol. The van der Waals surface area contributed by atoms with Gasteiger partial charge in [-0.25, -0.2) is 4.98 Å². The van der Waals surface area contributed by atoms with E-state index < -0.39 is 5.60 Å². The van der Waals surface area contributed by atoms with Gasteiger partial charge in [-0.05, 0) is 50.2 Å². The van der Waals surface area contributed by atoms with E-state index in [0.29, 0.717) is 12.8 Å². The van der Waals surface area contributed by atoms with Crippen molar-refractivity contribution in [1.29, 1.82) is 0 Å². The number of halogens is 1. The van der Waals surface area contributed by atoms with Crippen LogP contribution in [0.3, 0.4) is 0 Å². The van der Waals surface area contributed by atoms with Gasteiger partial charge in [0.15, 0.2) is 5.16 Å². The Kier molecular flexibility index (Phi) is 6.89. The number of rotatable bonds is 5. The second kappa shape index (κ2) is 8.71. The molecule has 3 rings (SSSR count). The van der Waals surface area contributed by atoms with Crippen molar-refractivity contribution in [3.05, 3.63) is 36.7 Å². The molecule has 0 radical (unpaired) electrons. The zero-order valence-electron chi connectivity index (χ0n) is 14.3. The number of piperidine rings is 1. The Morgan fingerprint density at radius 2 is 2.00 bits per heavy atom. The van der Waals surface area contributed by atoms with Crippen LogP contribution < -0.4 is 10.6 Å². The van der Waals surface area contributed by atoms with E-state index in [1.807, 2.05) is 42.1 Å². The number of hydrogen-bond acceptors (Lipinski definition) is 5. The van der Waals surface area contributed by atoms with Crippen molar-refractivity contribution in [2.45, 2.75) is 28.5 Å². The van der Waals surface area contributed by atoms with Crippen molar-refractivity contribution in [2.24, 2.45) is 7.05 Å². The monoisotopic (exact) mass is 382 g/mol. The van der Waals surface area contributed by atoms with E-state index in [2.05, 4.69) is 15.6 Å². The molecule has 25 heavy (non-hydrogen) atoms. The van der Waals surface area contributed by atoms with E-state index in [9.17, 15) is 4.79 Å². The van der Waals surface area contributed by atoms with Gasteiger partial charge in [-0.1, -0.05) is 11.8 Å². The fourth-order valence-corrected chi connectivity index (χ4v) is 3.56. The van der Waals surface area contributed by atoms with Crippen molar-refractivity contribution >= 4 is 35.8 Å². The number of nitrogens with zero attached hydrogens (tertiary/aromatic N) is 2. The molecule has 0 spiro atoms. The summed E-state index contributed by atoms with van der Waals surface area (Å²) in [6.45, 7) is 1.58. The summed E-state index contributed by atoms with van der Waals surface area (Å²) in [5.74, 6) is -0.0731. The lowest BCUT2D eigenvalue weighted by Gasteiger charge is -2.34. The molecule has 2 aromatic rings. The van der Waals surface area contributed by atoms with Crippen LogP contribution in [-0.4, -0.2) is 41.3 Å². The molecule has 136 valence electrons. The van der Waals surface area contributed by atoms with Gasteiger partial charge in [-0.2, -0.15) is 0 Å². The van der Waals surface area contributed by atoms with Crippen molar-refractivity contribution in [2.75, 3.05) is 25.5 Å². The van der Waals surface area contributed by atoms with Crippen molar-refractivity contribution < 1.29 is 9.53 Å². The van der Waals surface area contributed by atoms with Gasteiger partial charge in [0.1, 0.15) is 5.60 Å². The molecule has 6 nitrogen and oxygen atoms in total. The largest absolute Gasteiger partial charge is 0.368 e. The van der Waals surface area contributed by atoms with Gasteiger partial charge in [0.2, 0.25) is 0 Å². The molecule has 2 N–H and O–H groups in total. The van der Waals surface area contributed by atoms with Crippen LogP contribution >= 0.6 is 24.2 Å². The molecule has 0 saturated carbocycles. The highest BCUT2D eigenvalue weighted by Crippen LogP contribution is 2.28. The standard InChI is InChI=1S/C17H22N4O2S.ClH/c1-21-12-11-19-16(21)24-14-5-3-13(4-6-14)20-15(22)17(23-2)7-9-18-10-8-17;/h3-6,11-12,18H,7-10H2,1-2H3,(H,20,22);1H. The molecule has 2 heterocycles. The fourth-order valence-electron chi connectivity index (χ4n) is 2.76. The zero-order chi connectivity index (χ0) is 17.0. The van der Waals surface area contributed by atoms with Crippen LogP contribution in [0.15, 0.2) is 46.7 Å². The van der Waals surface area contributed by atoms with Crippen LogP contribution in [0.1, 0.15) is 12.8 Å². The Balaban J connectivity index is 0.00000225. The number of carbonyl (C=O) groups is 1. The summed E-state index contributed by atoms with van der Waals surface area (Å²) in [6.07, 6.45) is 5.06. The van der Waals surface area contributed by atoms with Crippen LogP contribution in [0, 0.1) is 0 Å². The first-order valence-corrected chi connectivity index (χ1v) is 8.77. The number of amides is 1. The Morgan fingerprint density at radius 3 is 2.56 bits per heavy atom. The summed E-state index contributed by atoms with van der Waals surface area (Å²) in [7, 11) is 3.57. The average molecular weight is 383 g/mol. The van der Waals surface area contributed by atoms with Crippen molar-refractivity contribution in [3.63, 3.8) is 0 Å².